The summed E-state index contributed by atoms with van der Waals surface area (Å²) in [5, 5.41) is 11.0. The summed E-state index contributed by atoms with van der Waals surface area (Å²) in [6.07, 6.45) is 1.12. The Morgan fingerprint density at radius 1 is 1.24 bits per heavy atom. The fourth-order valence-electron chi connectivity index (χ4n) is 1.79. The molecule has 5 nitrogen and oxygen atoms in total. The first-order chi connectivity index (χ1) is 10.1. The van der Waals surface area contributed by atoms with Gasteiger partial charge in [-0.1, -0.05) is 6.92 Å². The predicted octanol–water partition coefficient (Wildman–Crippen LogP) is 3.98. The number of hydrogen-bond donors (Lipinski definition) is 1. The number of nitrogens with one attached hydrogen (secondary N) is 1. The number of halogens is 2. The summed E-state index contributed by atoms with van der Waals surface area (Å²) >= 11 is 7.07. The molecule has 0 radical (unpaired) electrons. The third-order valence-corrected chi connectivity index (χ3v) is 3.90. The number of rotatable bonds is 7. The first-order valence-corrected chi connectivity index (χ1v) is 8.29. The predicted molar refractivity (Wildman–Crippen MR) is 87.2 cm³/mol. The second kappa shape index (κ2) is 7.91. The molecule has 0 atom stereocenters. The normalized spacial score (nSPS) is 10.9. The molecule has 0 fully saturated rings. The van der Waals surface area contributed by atoms with Crippen molar-refractivity contribution < 1.29 is 9.15 Å². The van der Waals surface area contributed by atoms with Crippen LogP contribution in [0.3, 0.4) is 0 Å². The molecular weight excluding hydrogens is 402 g/mol. The third-order valence-electron chi connectivity index (χ3n) is 2.72. The summed E-state index contributed by atoms with van der Waals surface area (Å²) in [4.78, 5) is 0. The monoisotopic (exact) mass is 417 g/mol. The van der Waals surface area contributed by atoms with Crippen LogP contribution in [-0.2, 0) is 13.2 Å². The van der Waals surface area contributed by atoms with Gasteiger partial charge in [0.05, 0.1) is 8.95 Å². The van der Waals surface area contributed by atoms with E-state index in [0.717, 1.165) is 34.2 Å². The highest BCUT2D eigenvalue weighted by Gasteiger charge is 2.11. The summed E-state index contributed by atoms with van der Waals surface area (Å²) in [6.45, 7) is 5.97. The van der Waals surface area contributed by atoms with Crippen molar-refractivity contribution in [3.8, 4) is 5.75 Å². The first-order valence-electron chi connectivity index (χ1n) is 6.70. The summed E-state index contributed by atoms with van der Waals surface area (Å²) in [5.41, 5.74) is 1.18. The molecule has 0 unspecified atom stereocenters. The standard InChI is InChI=1S/C14H17Br2N3O2/c1-3-4-17-7-10-5-11(15)14(12(16)6-10)20-8-13-19-18-9(2)21-13/h5-6,17H,3-4,7-8H2,1-2H3. The highest BCUT2D eigenvalue weighted by Crippen LogP contribution is 2.35. The van der Waals surface area contributed by atoms with Gasteiger partial charge in [0.1, 0.15) is 5.75 Å². The van der Waals surface area contributed by atoms with Crippen molar-refractivity contribution in [3.63, 3.8) is 0 Å². The first kappa shape index (κ1) is 16.5. The van der Waals surface area contributed by atoms with Crippen LogP contribution in [0.15, 0.2) is 25.5 Å². The molecule has 0 bridgehead atoms. The molecule has 7 heteroatoms. The second-order valence-corrected chi connectivity index (χ2v) is 6.28. The topological polar surface area (TPSA) is 60.2 Å². The maximum atomic E-state index is 5.74. The van der Waals surface area contributed by atoms with Crippen molar-refractivity contribution in [2.75, 3.05) is 6.54 Å². The van der Waals surface area contributed by atoms with E-state index in [4.69, 9.17) is 9.15 Å². The van der Waals surface area contributed by atoms with Crippen molar-refractivity contribution in [2.45, 2.75) is 33.4 Å². The Hall–Kier alpha value is -0.920. The van der Waals surface area contributed by atoms with Crippen molar-refractivity contribution in [2.24, 2.45) is 0 Å². The van der Waals surface area contributed by atoms with Crippen LogP contribution in [0.2, 0.25) is 0 Å². The highest BCUT2D eigenvalue weighted by atomic mass is 79.9. The lowest BCUT2D eigenvalue weighted by Crippen LogP contribution is -2.13. The number of hydrogen-bond acceptors (Lipinski definition) is 5. The average molecular weight is 419 g/mol. The molecule has 0 aliphatic heterocycles. The van der Waals surface area contributed by atoms with E-state index in [1.807, 2.05) is 12.1 Å². The average Bonchev–Trinajstić information content (AvgIpc) is 2.84. The molecule has 1 aromatic carbocycles. The molecule has 0 saturated heterocycles. The minimum atomic E-state index is 0.242. The van der Waals surface area contributed by atoms with Crippen molar-refractivity contribution in [1.82, 2.24) is 15.5 Å². The molecule has 1 heterocycles. The van der Waals surface area contributed by atoms with Gasteiger partial charge in [0, 0.05) is 13.5 Å². The van der Waals surface area contributed by atoms with Gasteiger partial charge in [0.25, 0.3) is 5.89 Å². The smallest absolute Gasteiger partial charge is 0.253 e. The maximum Gasteiger partial charge on any atom is 0.253 e. The van der Waals surface area contributed by atoms with Gasteiger partial charge in [0.2, 0.25) is 5.89 Å². The van der Waals surface area contributed by atoms with Gasteiger partial charge in [-0.3, -0.25) is 0 Å². The lowest BCUT2D eigenvalue weighted by molar-refractivity contribution is 0.257. The molecule has 1 N–H and O–H groups in total. The van der Waals surface area contributed by atoms with Crippen molar-refractivity contribution in [1.29, 1.82) is 0 Å². The highest BCUT2D eigenvalue weighted by molar-refractivity contribution is 9.11. The van der Waals surface area contributed by atoms with Crippen LogP contribution in [0, 0.1) is 6.92 Å². The SMILES string of the molecule is CCCNCc1cc(Br)c(OCc2nnc(C)o2)c(Br)c1. The fraction of sp³-hybridized carbons (Fsp3) is 0.429. The van der Waals surface area contributed by atoms with E-state index >= 15 is 0 Å². The van der Waals surface area contributed by atoms with Crippen LogP contribution in [0.1, 0.15) is 30.7 Å². The molecular formula is C14H17Br2N3O2. The minimum absolute atomic E-state index is 0.242. The van der Waals surface area contributed by atoms with E-state index in [1.54, 1.807) is 6.92 Å². The molecule has 0 amide bonds. The number of benzene rings is 1. The number of ether oxygens (including phenoxy) is 1. The van der Waals surface area contributed by atoms with Gasteiger partial charge in [-0.15, -0.1) is 10.2 Å². The lowest BCUT2D eigenvalue weighted by Gasteiger charge is -2.11. The van der Waals surface area contributed by atoms with E-state index in [-0.39, 0.29) is 6.61 Å². The maximum absolute atomic E-state index is 5.74. The summed E-state index contributed by atoms with van der Waals surface area (Å²) < 4.78 is 12.8. The van der Waals surface area contributed by atoms with Crippen LogP contribution in [0.5, 0.6) is 5.75 Å². The van der Waals surface area contributed by atoms with E-state index in [1.165, 1.54) is 5.56 Å². The molecule has 0 saturated carbocycles. The lowest BCUT2D eigenvalue weighted by atomic mass is 10.2. The molecule has 21 heavy (non-hydrogen) atoms. The zero-order valence-corrected chi connectivity index (χ0v) is 15.1. The van der Waals surface area contributed by atoms with Crippen LogP contribution in [-0.4, -0.2) is 16.7 Å². The molecule has 2 aromatic rings. The molecule has 0 spiro atoms. The van der Waals surface area contributed by atoms with E-state index < -0.39 is 0 Å². The summed E-state index contributed by atoms with van der Waals surface area (Å²) in [5.74, 6) is 1.72. The fourth-order valence-corrected chi connectivity index (χ4v) is 3.30. The quantitative estimate of drug-likeness (QED) is 0.689. The Labute approximate surface area is 140 Å². The second-order valence-electron chi connectivity index (χ2n) is 4.57. The van der Waals surface area contributed by atoms with Gasteiger partial charge >= 0.3 is 0 Å². The van der Waals surface area contributed by atoms with E-state index in [0.29, 0.717) is 11.8 Å². The Morgan fingerprint density at radius 3 is 2.52 bits per heavy atom. The van der Waals surface area contributed by atoms with Gasteiger partial charge in [-0.05, 0) is 62.5 Å². The Bertz CT molecular complexity index is 579. The molecule has 114 valence electrons. The minimum Gasteiger partial charge on any atom is -0.481 e. The van der Waals surface area contributed by atoms with Crippen molar-refractivity contribution in [3.05, 3.63) is 38.4 Å². The molecule has 2 rings (SSSR count). The van der Waals surface area contributed by atoms with Gasteiger partial charge in [-0.2, -0.15) is 0 Å². The van der Waals surface area contributed by atoms with Crippen molar-refractivity contribution >= 4 is 31.9 Å². The summed E-state index contributed by atoms with van der Waals surface area (Å²) in [7, 11) is 0. The number of aromatic nitrogens is 2. The zero-order valence-electron chi connectivity index (χ0n) is 11.9. The largest absolute Gasteiger partial charge is 0.481 e. The molecule has 1 aromatic heterocycles. The van der Waals surface area contributed by atoms with Crippen LogP contribution in [0.25, 0.3) is 0 Å². The Morgan fingerprint density at radius 2 is 1.95 bits per heavy atom. The number of nitrogens with zero attached hydrogens (tertiary/aromatic N) is 2. The Kier molecular flexibility index (Phi) is 6.20. The third kappa shape index (κ3) is 4.79. The van der Waals surface area contributed by atoms with Crippen LogP contribution >= 0.6 is 31.9 Å². The van der Waals surface area contributed by atoms with Crippen LogP contribution in [0.4, 0.5) is 0 Å². The summed E-state index contributed by atoms with van der Waals surface area (Å²) in [6, 6.07) is 4.09. The molecule has 0 aliphatic rings. The van der Waals surface area contributed by atoms with E-state index in [2.05, 4.69) is 54.3 Å². The van der Waals surface area contributed by atoms with Crippen LogP contribution < -0.4 is 10.1 Å². The number of aryl methyl sites for hydroxylation is 1. The van der Waals surface area contributed by atoms with Gasteiger partial charge in [-0.25, -0.2) is 0 Å². The van der Waals surface area contributed by atoms with E-state index in [9.17, 15) is 0 Å². The van der Waals surface area contributed by atoms with Gasteiger partial charge < -0.3 is 14.5 Å². The Balaban J connectivity index is 2.02. The molecule has 0 aliphatic carbocycles. The van der Waals surface area contributed by atoms with Gasteiger partial charge in [0.15, 0.2) is 6.61 Å². The zero-order chi connectivity index (χ0) is 15.2.